The SMILES string of the molecule is CN(CCS(C)(=O)=O)c1ccnc(N)c1. The zero-order valence-electron chi connectivity index (χ0n) is 8.84. The average molecular weight is 229 g/mol. The number of nitrogens with zero attached hydrogens (tertiary/aromatic N) is 2. The van der Waals surface area contributed by atoms with Crippen LogP contribution < -0.4 is 10.6 Å². The van der Waals surface area contributed by atoms with E-state index in [2.05, 4.69) is 4.98 Å². The Morgan fingerprint density at radius 3 is 2.73 bits per heavy atom. The summed E-state index contributed by atoms with van der Waals surface area (Å²) in [4.78, 5) is 5.70. The molecule has 0 spiro atoms. The summed E-state index contributed by atoms with van der Waals surface area (Å²) in [6.45, 7) is 0.447. The van der Waals surface area contributed by atoms with Gasteiger partial charge >= 0.3 is 0 Å². The van der Waals surface area contributed by atoms with Gasteiger partial charge in [-0.15, -0.1) is 0 Å². The van der Waals surface area contributed by atoms with Crippen molar-refractivity contribution in [3.05, 3.63) is 18.3 Å². The summed E-state index contributed by atoms with van der Waals surface area (Å²) in [5.74, 6) is 0.560. The number of pyridine rings is 1. The molecule has 5 nitrogen and oxygen atoms in total. The monoisotopic (exact) mass is 229 g/mol. The first kappa shape index (κ1) is 11.8. The number of rotatable bonds is 4. The van der Waals surface area contributed by atoms with Crippen molar-refractivity contribution >= 4 is 21.3 Å². The van der Waals surface area contributed by atoms with Gasteiger partial charge < -0.3 is 10.6 Å². The second-order valence-electron chi connectivity index (χ2n) is 3.49. The number of sulfone groups is 1. The molecule has 0 saturated heterocycles. The van der Waals surface area contributed by atoms with Gasteiger partial charge in [0.05, 0.1) is 5.75 Å². The maximum absolute atomic E-state index is 11.0. The van der Waals surface area contributed by atoms with Crippen LogP contribution >= 0.6 is 0 Å². The topological polar surface area (TPSA) is 76.3 Å². The molecule has 0 amide bonds. The van der Waals surface area contributed by atoms with Crippen LogP contribution in [0.2, 0.25) is 0 Å². The van der Waals surface area contributed by atoms with Crippen molar-refractivity contribution in [1.29, 1.82) is 0 Å². The van der Waals surface area contributed by atoms with E-state index >= 15 is 0 Å². The second kappa shape index (κ2) is 4.48. The first-order chi connectivity index (χ1) is 6.88. The Bertz CT molecular complexity index is 431. The van der Waals surface area contributed by atoms with Crippen LogP contribution in [-0.2, 0) is 9.84 Å². The largest absolute Gasteiger partial charge is 0.384 e. The van der Waals surface area contributed by atoms with E-state index in [-0.39, 0.29) is 5.75 Å². The fraction of sp³-hybridized carbons (Fsp3) is 0.444. The molecule has 0 aliphatic carbocycles. The van der Waals surface area contributed by atoms with E-state index in [0.29, 0.717) is 12.4 Å². The molecule has 0 aliphatic heterocycles. The summed E-state index contributed by atoms with van der Waals surface area (Å²) in [6.07, 6.45) is 2.82. The molecule has 1 aromatic rings. The highest BCUT2D eigenvalue weighted by Crippen LogP contribution is 2.13. The number of nitrogens with two attached hydrogens (primary N) is 1. The van der Waals surface area contributed by atoms with E-state index in [0.717, 1.165) is 5.69 Å². The molecule has 1 aromatic heterocycles. The number of anilines is 2. The van der Waals surface area contributed by atoms with Gasteiger partial charge in [0.25, 0.3) is 0 Å². The first-order valence-corrected chi connectivity index (χ1v) is 6.55. The maximum atomic E-state index is 11.0. The fourth-order valence-electron chi connectivity index (χ4n) is 1.11. The normalized spacial score (nSPS) is 11.3. The fourth-order valence-corrected chi connectivity index (χ4v) is 1.71. The molecule has 6 heteroatoms. The van der Waals surface area contributed by atoms with Crippen LogP contribution in [0.1, 0.15) is 0 Å². The molecule has 84 valence electrons. The summed E-state index contributed by atoms with van der Waals surface area (Å²) in [7, 11) is -1.11. The molecule has 15 heavy (non-hydrogen) atoms. The molecule has 0 radical (unpaired) electrons. The van der Waals surface area contributed by atoms with Crippen LogP contribution in [0.4, 0.5) is 11.5 Å². The minimum absolute atomic E-state index is 0.131. The standard InChI is InChI=1S/C9H15N3O2S/c1-12(5-6-15(2,13)14)8-3-4-11-9(10)7-8/h3-4,7H,5-6H2,1-2H3,(H2,10,11). The molecular weight excluding hydrogens is 214 g/mol. The van der Waals surface area contributed by atoms with Crippen molar-refractivity contribution in [3.8, 4) is 0 Å². The predicted molar refractivity (Wildman–Crippen MR) is 61.6 cm³/mol. The van der Waals surface area contributed by atoms with Gasteiger partial charge in [-0.25, -0.2) is 13.4 Å². The molecule has 0 bridgehead atoms. The summed E-state index contributed by atoms with van der Waals surface area (Å²) in [5, 5.41) is 0. The zero-order chi connectivity index (χ0) is 11.5. The van der Waals surface area contributed by atoms with Crippen molar-refractivity contribution in [2.24, 2.45) is 0 Å². The number of nitrogen functional groups attached to an aromatic ring is 1. The van der Waals surface area contributed by atoms with Crippen LogP contribution in [0.3, 0.4) is 0 Å². The lowest BCUT2D eigenvalue weighted by molar-refractivity contribution is 0.601. The molecule has 0 saturated carbocycles. The second-order valence-corrected chi connectivity index (χ2v) is 5.75. The first-order valence-electron chi connectivity index (χ1n) is 4.49. The average Bonchev–Trinajstić information content (AvgIpc) is 2.13. The van der Waals surface area contributed by atoms with Gasteiger partial charge in [0.2, 0.25) is 0 Å². The van der Waals surface area contributed by atoms with Crippen LogP contribution in [0.5, 0.6) is 0 Å². The summed E-state index contributed by atoms with van der Waals surface area (Å²) in [5.41, 5.74) is 6.39. The van der Waals surface area contributed by atoms with Crippen molar-refractivity contribution in [2.75, 3.05) is 36.2 Å². The third-order valence-corrected chi connectivity index (χ3v) is 2.93. The van der Waals surface area contributed by atoms with E-state index in [9.17, 15) is 8.42 Å². The quantitative estimate of drug-likeness (QED) is 0.795. The minimum atomic E-state index is -2.93. The Balaban J connectivity index is 2.65. The Kier molecular flexibility index (Phi) is 3.52. The van der Waals surface area contributed by atoms with Gasteiger partial charge in [0, 0.05) is 37.8 Å². The molecule has 1 heterocycles. The lowest BCUT2D eigenvalue weighted by atomic mass is 10.3. The van der Waals surface area contributed by atoms with Crippen LogP contribution in [-0.4, -0.2) is 39.0 Å². The van der Waals surface area contributed by atoms with E-state index in [1.165, 1.54) is 6.26 Å². The highest BCUT2D eigenvalue weighted by Gasteiger charge is 2.06. The molecule has 0 unspecified atom stereocenters. The van der Waals surface area contributed by atoms with Gasteiger partial charge in [-0.1, -0.05) is 0 Å². The molecule has 0 aliphatic rings. The van der Waals surface area contributed by atoms with E-state index in [4.69, 9.17) is 5.73 Å². The Labute approximate surface area is 89.8 Å². The number of hydrogen-bond acceptors (Lipinski definition) is 5. The maximum Gasteiger partial charge on any atom is 0.149 e. The zero-order valence-corrected chi connectivity index (χ0v) is 9.66. The Morgan fingerprint density at radius 2 is 2.20 bits per heavy atom. The molecule has 2 N–H and O–H groups in total. The van der Waals surface area contributed by atoms with Crippen LogP contribution in [0, 0.1) is 0 Å². The van der Waals surface area contributed by atoms with Gasteiger partial charge in [-0.05, 0) is 6.07 Å². The molecule has 0 atom stereocenters. The number of hydrogen-bond donors (Lipinski definition) is 1. The van der Waals surface area contributed by atoms with Crippen molar-refractivity contribution in [1.82, 2.24) is 4.98 Å². The Hall–Kier alpha value is -1.30. The van der Waals surface area contributed by atoms with E-state index < -0.39 is 9.84 Å². The molecule has 1 rings (SSSR count). The summed E-state index contributed by atoms with van der Waals surface area (Å²) < 4.78 is 21.9. The molecule has 0 fully saturated rings. The summed E-state index contributed by atoms with van der Waals surface area (Å²) >= 11 is 0. The summed E-state index contributed by atoms with van der Waals surface area (Å²) in [6, 6.07) is 3.50. The van der Waals surface area contributed by atoms with Gasteiger partial charge in [-0.3, -0.25) is 0 Å². The predicted octanol–water partition coefficient (Wildman–Crippen LogP) is 0.145. The lowest BCUT2D eigenvalue weighted by Crippen LogP contribution is -2.24. The Morgan fingerprint density at radius 1 is 1.53 bits per heavy atom. The lowest BCUT2D eigenvalue weighted by Gasteiger charge is -2.18. The van der Waals surface area contributed by atoms with Gasteiger partial charge in [0.15, 0.2) is 0 Å². The van der Waals surface area contributed by atoms with Crippen LogP contribution in [0.15, 0.2) is 18.3 Å². The van der Waals surface area contributed by atoms with E-state index in [1.54, 1.807) is 18.3 Å². The molecule has 0 aromatic carbocycles. The van der Waals surface area contributed by atoms with Crippen molar-refractivity contribution in [3.63, 3.8) is 0 Å². The van der Waals surface area contributed by atoms with Gasteiger partial charge in [0.1, 0.15) is 15.7 Å². The van der Waals surface area contributed by atoms with Crippen LogP contribution in [0.25, 0.3) is 0 Å². The highest BCUT2D eigenvalue weighted by atomic mass is 32.2. The number of aromatic nitrogens is 1. The van der Waals surface area contributed by atoms with E-state index in [1.807, 2.05) is 11.9 Å². The third-order valence-electron chi connectivity index (χ3n) is 2.00. The van der Waals surface area contributed by atoms with Crippen molar-refractivity contribution < 1.29 is 8.42 Å². The minimum Gasteiger partial charge on any atom is -0.384 e. The molecular formula is C9H15N3O2S. The smallest absolute Gasteiger partial charge is 0.149 e. The van der Waals surface area contributed by atoms with Gasteiger partial charge in [-0.2, -0.15) is 0 Å². The third kappa shape index (κ3) is 4.16. The van der Waals surface area contributed by atoms with Crippen molar-refractivity contribution in [2.45, 2.75) is 0 Å². The highest BCUT2D eigenvalue weighted by molar-refractivity contribution is 7.90.